The second-order valence-corrected chi connectivity index (χ2v) is 4.56. The zero-order valence-electron chi connectivity index (χ0n) is 10.4. The summed E-state index contributed by atoms with van der Waals surface area (Å²) in [7, 11) is 1.68. The highest BCUT2D eigenvalue weighted by Gasteiger charge is 2.23. The van der Waals surface area contributed by atoms with Crippen molar-refractivity contribution >= 4 is 22.6 Å². The topological polar surface area (TPSA) is 39.1 Å². The lowest BCUT2D eigenvalue weighted by Gasteiger charge is -2.05. The predicted molar refractivity (Wildman–Crippen MR) is 70.7 cm³/mol. The number of hydrogen-bond donors (Lipinski definition) is 0. The van der Waals surface area contributed by atoms with Crippen LogP contribution < -0.4 is 0 Å². The summed E-state index contributed by atoms with van der Waals surface area (Å²) in [6.45, 7) is 1.81. The lowest BCUT2D eigenvalue weighted by Crippen LogP contribution is -2.13. The highest BCUT2D eigenvalue weighted by molar-refractivity contribution is 6.83. The van der Waals surface area contributed by atoms with Crippen molar-refractivity contribution in [2.75, 3.05) is 0 Å². The lowest BCUT2D eigenvalue weighted by molar-refractivity contribution is -0.108. The van der Waals surface area contributed by atoms with Gasteiger partial charge in [0.2, 0.25) is 0 Å². The van der Waals surface area contributed by atoms with Gasteiger partial charge in [-0.3, -0.25) is 9.59 Å². The number of aryl methyl sites for hydroxylation is 1. The third-order valence-electron chi connectivity index (χ3n) is 3.02. The van der Waals surface area contributed by atoms with Gasteiger partial charge < -0.3 is 4.57 Å². The summed E-state index contributed by atoms with van der Waals surface area (Å²) in [5.74, 6) is -1.13. The maximum absolute atomic E-state index is 12.9. The van der Waals surface area contributed by atoms with E-state index in [0.717, 1.165) is 5.69 Å². The number of nitrogens with zero attached hydrogens (tertiary/aromatic N) is 1. The molecule has 1 aromatic carbocycles. The third-order valence-corrected chi connectivity index (χ3v) is 3.19. The monoisotopic (exact) mass is 279 g/mol. The van der Waals surface area contributed by atoms with E-state index in [1.165, 1.54) is 12.1 Å². The fourth-order valence-electron chi connectivity index (χ4n) is 1.95. The largest absolute Gasteiger partial charge is 0.345 e. The molecule has 0 unspecified atom stereocenters. The van der Waals surface area contributed by atoms with Crippen molar-refractivity contribution in [2.45, 2.75) is 6.92 Å². The van der Waals surface area contributed by atoms with E-state index in [9.17, 15) is 14.0 Å². The fraction of sp³-hybridized carbons (Fsp3) is 0.143. The number of hydrogen-bond acceptors (Lipinski definition) is 2. The van der Waals surface area contributed by atoms with E-state index in [2.05, 4.69) is 0 Å². The molecule has 0 aliphatic rings. The highest BCUT2D eigenvalue weighted by atomic mass is 35.5. The molecule has 0 aliphatic carbocycles. The van der Waals surface area contributed by atoms with Crippen LogP contribution in [0.5, 0.6) is 0 Å². The number of ketones is 1. The van der Waals surface area contributed by atoms with Crippen molar-refractivity contribution in [3.05, 3.63) is 47.5 Å². The van der Waals surface area contributed by atoms with E-state index in [0.29, 0.717) is 11.1 Å². The Balaban J connectivity index is 2.64. The van der Waals surface area contributed by atoms with Crippen molar-refractivity contribution < 1.29 is 14.0 Å². The average molecular weight is 280 g/mol. The molecule has 0 aliphatic heterocycles. The fourth-order valence-corrected chi connectivity index (χ4v) is 2.04. The molecular weight excluding hydrogens is 269 g/mol. The van der Waals surface area contributed by atoms with Crippen molar-refractivity contribution in [3.8, 4) is 11.1 Å². The van der Waals surface area contributed by atoms with Crippen LogP contribution in [0.4, 0.5) is 4.39 Å². The van der Waals surface area contributed by atoms with E-state index in [-0.39, 0.29) is 11.5 Å². The second-order valence-electron chi connectivity index (χ2n) is 4.22. The van der Waals surface area contributed by atoms with Crippen LogP contribution >= 0.6 is 11.6 Å². The number of Topliss-reactive ketones (excluding diaryl/α,β-unsaturated/α-hetero) is 1. The molecule has 98 valence electrons. The SMILES string of the molecule is Cc1cc(-c2ccc(F)cc2)c(C(=O)C(=O)Cl)n1C. The molecule has 0 saturated heterocycles. The Kier molecular flexibility index (Phi) is 3.53. The zero-order valence-corrected chi connectivity index (χ0v) is 11.2. The van der Waals surface area contributed by atoms with Gasteiger partial charge in [-0.05, 0) is 42.3 Å². The van der Waals surface area contributed by atoms with Gasteiger partial charge in [0, 0.05) is 18.3 Å². The van der Waals surface area contributed by atoms with Crippen molar-refractivity contribution in [2.24, 2.45) is 7.05 Å². The molecule has 0 saturated carbocycles. The molecule has 0 spiro atoms. The Hall–Kier alpha value is -1.94. The van der Waals surface area contributed by atoms with Gasteiger partial charge >= 0.3 is 0 Å². The van der Waals surface area contributed by atoms with Crippen molar-refractivity contribution in [3.63, 3.8) is 0 Å². The Morgan fingerprint density at radius 3 is 2.32 bits per heavy atom. The van der Waals surface area contributed by atoms with Crippen LogP contribution in [0, 0.1) is 12.7 Å². The maximum Gasteiger partial charge on any atom is 0.294 e. The summed E-state index contributed by atoms with van der Waals surface area (Å²) < 4.78 is 14.5. The molecule has 5 heteroatoms. The Labute approximate surface area is 114 Å². The van der Waals surface area contributed by atoms with Crippen LogP contribution in [-0.2, 0) is 11.8 Å². The van der Waals surface area contributed by atoms with Crippen LogP contribution in [-0.4, -0.2) is 15.6 Å². The van der Waals surface area contributed by atoms with E-state index < -0.39 is 11.0 Å². The Morgan fingerprint density at radius 1 is 1.21 bits per heavy atom. The average Bonchev–Trinajstić information content (AvgIpc) is 2.66. The van der Waals surface area contributed by atoms with Gasteiger partial charge in [0.1, 0.15) is 11.5 Å². The molecule has 0 fully saturated rings. The number of carbonyl (C=O) groups excluding carboxylic acids is 2. The number of halogens is 2. The van der Waals surface area contributed by atoms with E-state index in [1.54, 1.807) is 29.8 Å². The van der Waals surface area contributed by atoms with E-state index in [4.69, 9.17) is 11.6 Å². The van der Waals surface area contributed by atoms with Crippen molar-refractivity contribution in [1.29, 1.82) is 0 Å². The van der Waals surface area contributed by atoms with Crippen LogP contribution in [0.3, 0.4) is 0 Å². The summed E-state index contributed by atoms with van der Waals surface area (Å²) in [5.41, 5.74) is 2.25. The van der Waals surface area contributed by atoms with Crippen molar-refractivity contribution in [1.82, 2.24) is 4.57 Å². The van der Waals surface area contributed by atoms with Crippen LogP contribution in [0.25, 0.3) is 11.1 Å². The van der Waals surface area contributed by atoms with Crippen LogP contribution in [0.15, 0.2) is 30.3 Å². The Bertz CT molecular complexity index is 659. The van der Waals surface area contributed by atoms with Gasteiger partial charge in [0.25, 0.3) is 11.0 Å². The summed E-state index contributed by atoms with van der Waals surface area (Å²) in [5, 5.41) is -1.04. The number of benzene rings is 1. The molecule has 2 aromatic rings. The first kappa shape index (κ1) is 13.5. The standard InChI is InChI=1S/C14H11ClFNO2/c1-8-7-11(9-3-5-10(16)6-4-9)12(17(8)2)13(18)14(15)19/h3-7H,1-2H3. The lowest BCUT2D eigenvalue weighted by atomic mass is 10.0. The van der Waals surface area contributed by atoms with E-state index in [1.807, 2.05) is 6.92 Å². The minimum Gasteiger partial charge on any atom is -0.345 e. The molecule has 1 heterocycles. The first-order chi connectivity index (χ1) is 8.91. The molecule has 19 heavy (non-hydrogen) atoms. The normalized spacial score (nSPS) is 10.5. The van der Waals surface area contributed by atoms with Gasteiger partial charge in [-0.1, -0.05) is 12.1 Å². The second kappa shape index (κ2) is 4.97. The summed E-state index contributed by atoms with van der Waals surface area (Å²) in [4.78, 5) is 22.9. The highest BCUT2D eigenvalue weighted by Crippen LogP contribution is 2.27. The summed E-state index contributed by atoms with van der Waals surface area (Å²) in [6.07, 6.45) is 0. The van der Waals surface area contributed by atoms with E-state index >= 15 is 0 Å². The first-order valence-electron chi connectivity index (χ1n) is 5.58. The minimum atomic E-state index is -1.04. The van der Waals surface area contributed by atoms with Gasteiger partial charge in [0.15, 0.2) is 0 Å². The first-order valence-corrected chi connectivity index (χ1v) is 5.96. The van der Waals surface area contributed by atoms with Gasteiger partial charge in [0.05, 0.1) is 0 Å². The number of carbonyl (C=O) groups is 2. The molecule has 0 amide bonds. The molecular formula is C14H11ClFNO2. The van der Waals surface area contributed by atoms with Gasteiger partial charge in [-0.2, -0.15) is 0 Å². The smallest absolute Gasteiger partial charge is 0.294 e. The minimum absolute atomic E-state index is 0.212. The molecule has 0 atom stereocenters. The molecule has 0 N–H and O–H groups in total. The third kappa shape index (κ3) is 2.44. The maximum atomic E-state index is 12.9. The number of aromatic nitrogens is 1. The molecule has 0 radical (unpaired) electrons. The zero-order chi connectivity index (χ0) is 14.2. The van der Waals surface area contributed by atoms with Gasteiger partial charge in [-0.15, -0.1) is 0 Å². The molecule has 0 bridgehead atoms. The van der Waals surface area contributed by atoms with Crippen LogP contribution in [0.2, 0.25) is 0 Å². The number of rotatable bonds is 3. The quantitative estimate of drug-likeness (QED) is 0.492. The summed E-state index contributed by atoms with van der Waals surface area (Å²) >= 11 is 5.27. The van der Waals surface area contributed by atoms with Gasteiger partial charge in [-0.25, -0.2) is 4.39 Å². The van der Waals surface area contributed by atoms with Crippen LogP contribution in [0.1, 0.15) is 16.2 Å². The summed E-state index contributed by atoms with van der Waals surface area (Å²) in [6, 6.07) is 7.47. The molecule has 2 rings (SSSR count). The molecule has 3 nitrogen and oxygen atoms in total. The predicted octanol–water partition coefficient (Wildman–Crippen LogP) is 3.09. The molecule has 1 aromatic heterocycles. The Morgan fingerprint density at radius 2 is 1.79 bits per heavy atom.